The van der Waals surface area contributed by atoms with Crippen molar-refractivity contribution >= 4 is 17.1 Å². The third kappa shape index (κ3) is 3.65. The molecule has 9 nitrogen and oxygen atoms in total. The van der Waals surface area contributed by atoms with E-state index in [4.69, 9.17) is 10.5 Å². The number of nitrogens with zero attached hydrogens (tertiary/aromatic N) is 5. The first kappa shape index (κ1) is 21.0. The van der Waals surface area contributed by atoms with Gasteiger partial charge in [0.2, 0.25) is 0 Å². The molecule has 1 saturated carbocycles. The van der Waals surface area contributed by atoms with Gasteiger partial charge in [-0.3, -0.25) is 9.48 Å². The number of hydrogen-bond donors (Lipinski definition) is 2. The Morgan fingerprint density at radius 2 is 2.09 bits per heavy atom. The second-order valence-electron chi connectivity index (χ2n) is 9.28. The van der Waals surface area contributed by atoms with E-state index in [2.05, 4.69) is 27.3 Å². The van der Waals surface area contributed by atoms with Crippen LogP contribution in [0.3, 0.4) is 0 Å². The molecule has 3 aromatic heterocycles. The van der Waals surface area contributed by atoms with E-state index in [0.717, 1.165) is 55.0 Å². The zero-order chi connectivity index (χ0) is 22.4. The molecule has 3 aromatic rings. The average molecular weight is 438 g/mol. The molecule has 1 aliphatic heterocycles. The molecule has 0 unspecified atom stereocenters. The van der Waals surface area contributed by atoms with Crippen molar-refractivity contribution in [2.75, 3.05) is 38.7 Å². The van der Waals surface area contributed by atoms with Crippen LogP contribution in [-0.2, 0) is 11.8 Å². The molecule has 0 radical (unpaired) electrons. The lowest BCUT2D eigenvalue weighted by atomic mass is 9.93. The maximum Gasteiger partial charge on any atom is 0.252 e. The summed E-state index contributed by atoms with van der Waals surface area (Å²) < 4.78 is 8.83. The predicted octanol–water partition coefficient (Wildman–Crippen LogP) is 1.85. The number of nitrogens with two attached hydrogens (primary N) is 1. The lowest BCUT2D eigenvalue weighted by Gasteiger charge is -2.25. The number of fused-ring (bicyclic) bond motifs is 2. The highest BCUT2D eigenvalue weighted by molar-refractivity contribution is 6.02. The van der Waals surface area contributed by atoms with Crippen molar-refractivity contribution in [1.82, 2.24) is 24.3 Å². The first-order chi connectivity index (χ1) is 15.4. The summed E-state index contributed by atoms with van der Waals surface area (Å²) in [4.78, 5) is 14.8. The number of amides is 1. The Labute approximate surface area is 187 Å². The Hall–Kier alpha value is -2.91. The molecule has 2 fully saturated rings. The standard InChI is InChI=1S/C23H31N7O2/c1-14-19-13-29(4-5-32-3)11-16(19)6-20(14)27-22-18(23(24)31)9-26-30-12-15(7-21(22)30)17-8-25-28(2)10-17/h7-10,12,14,16,19-20,27H,4-6,11,13H2,1-3H3,(H2,24,31)/t14-,16-,19-,20-/m1/s1. The van der Waals surface area contributed by atoms with Gasteiger partial charge in [-0.1, -0.05) is 6.92 Å². The largest absolute Gasteiger partial charge is 0.383 e. The molecule has 0 bridgehead atoms. The smallest absolute Gasteiger partial charge is 0.252 e. The number of anilines is 1. The van der Waals surface area contributed by atoms with Crippen LogP contribution in [0.25, 0.3) is 16.6 Å². The molecule has 4 atom stereocenters. The normalized spacial score (nSPS) is 25.5. The molecule has 0 spiro atoms. The van der Waals surface area contributed by atoms with Crippen molar-refractivity contribution in [2.24, 2.45) is 30.5 Å². The van der Waals surface area contributed by atoms with Gasteiger partial charge in [0.05, 0.1) is 35.8 Å². The molecular weight excluding hydrogens is 406 g/mol. The van der Waals surface area contributed by atoms with Gasteiger partial charge in [-0.25, -0.2) is 4.52 Å². The van der Waals surface area contributed by atoms with Crippen LogP contribution < -0.4 is 11.1 Å². The van der Waals surface area contributed by atoms with Crippen LogP contribution >= 0.6 is 0 Å². The number of aryl methyl sites for hydroxylation is 1. The molecule has 1 amide bonds. The van der Waals surface area contributed by atoms with Gasteiger partial charge >= 0.3 is 0 Å². The fourth-order valence-electron chi connectivity index (χ4n) is 5.57. The van der Waals surface area contributed by atoms with Gasteiger partial charge in [-0.05, 0) is 30.2 Å². The minimum atomic E-state index is -0.469. The summed E-state index contributed by atoms with van der Waals surface area (Å²) in [7, 11) is 3.65. The van der Waals surface area contributed by atoms with Crippen LogP contribution in [0.15, 0.2) is 30.9 Å². The molecular formula is C23H31N7O2. The molecule has 2 aliphatic rings. The van der Waals surface area contributed by atoms with E-state index in [9.17, 15) is 4.79 Å². The van der Waals surface area contributed by atoms with E-state index >= 15 is 0 Å². The van der Waals surface area contributed by atoms with Gasteiger partial charge in [0.15, 0.2) is 0 Å². The Balaban J connectivity index is 1.43. The number of methoxy groups -OCH3 is 1. The lowest BCUT2D eigenvalue weighted by molar-refractivity contribution is 0.100. The molecule has 170 valence electrons. The topological polar surface area (TPSA) is 103 Å². The van der Waals surface area contributed by atoms with Gasteiger partial charge in [0, 0.05) is 63.4 Å². The number of aromatic nitrogens is 4. The lowest BCUT2D eigenvalue weighted by Crippen LogP contribution is -2.32. The highest BCUT2D eigenvalue weighted by Gasteiger charge is 2.46. The molecule has 1 aliphatic carbocycles. The number of nitrogens with one attached hydrogen (secondary N) is 1. The van der Waals surface area contributed by atoms with Crippen LogP contribution in [-0.4, -0.2) is 69.6 Å². The van der Waals surface area contributed by atoms with Gasteiger partial charge in [-0.2, -0.15) is 10.2 Å². The van der Waals surface area contributed by atoms with E-state index in [1.165, 1.54) is 0 Å². The summed E-state index contributed by atoms with van der Waals surface area (Å²) in [5.74, 6) is 1.33. The zero-order valence-corrected chi connectivity index (χ0v) is 18.9. The second-order valence-corrected chi connectivity index (χ2v) is 9.28. The number of carbonyl (C=O) groups is 1. The maximum atomic E-state index is 12.2. The van der Waals surface area contributed by atoms with Crippen LogP contribution in [0.1, 0.15) is 23.7 Å². The van der Waals surface area contributed by atoms with Crippen molar-refractivity contribution in [3.63, 3.8) is 0 Å². The van der Waals surface area contributed by atoms with Crippen LogP contribution in [0.5, 0.6) is 0 Å². The summed E-state index contributed by atoms with van der Waals surface area (Å²) in [6.07, 6.45) is 8.40. The summed E-state index contributed by atoms with van der Waals surface area (Å²) in [6.45, 7) is 6.31. The number of ether oxygens (including phenoxy) is 1. The van der Waals surface area contributed by atoms with Crippen LogP contribution in [0.4, 0.5) is 5.69 Å². The first-order valence-corrected chi connectivity index (χ1v) is 11.2. The number of rotatable bonds is 7. The number of carbonyl (C=O) groups excluding carboxylic acids is 1. The highest BCUT2D eigenvalue weighted by atomic mass is 16.5. The SMILES string of the molecule is COCCN1C[C@H]2C[C@@H](Nc3c(C(N)=O)cnn4cc(-c5cnn(C)c5)cc34)[C@H](C)[C@H]2C1. The molecule has 9 heteroatoms. The van der Waals surface area contributed by atoms with Crippen LogP contribution in [0.2, 0.25) is 0 Å². The maximum absolute atomic E-state index is 12.2. The van der Waals surface area contributed by atoms with Crippen molar-refractivity contribution in [2.45, 2.75) is 19.4 Å². The number of primary amides is 1. The van der Waals surface area contributed by atoms with E-state index in [0.29, 0.717) is 23.3 Å². The van der Waals surface area contributed by atoms with E-state index in [1.807, 2.05) is 36.2 Å². The molecule has 3 N–H and O–H groups in total. The van der Waals surface area contributed by atoms with E-state index in [-0.39, 0.29) is 6.04 Å². The average Bonchev–Trinajstić information content (AvgIpc) is 3.52. The second kappa shape index (κ2) is 8.22. The summed E-state index contributed by atoms with van der Waals surface area (Å²) >= 11 is 0. The predicted molar refractivity (Wildman–Crippen MR) is 122 cm³/mol. The summed E-state index contributed by atoms with van der Waals surface area (Å²) in [5, 5.41) is 12.4. The van der Waals surface area contributed by atoms with Crippen LogP contribution in [0, 0.1) is 17.8 Å². The van der Waals surface area contributed by atoms with Crippen molar-refractivity contribution in [3.8, 4) is 11.1 Å². The van der Waals surface area contributed by atoms with Gasteiger partial charge < -0.3 is 20.7 Å². The molecule has 32 heavy (non-hydrogen) atoms. The Bertz CT molecular complexity index is 1140. The molecule has 4 heterocycles. The monoisotopic (exact) mass is 437 g/mol. The Kier molecular flexibility index (Phi) is 5.38. The molecule has 5 rings (SSSR count). The number of likely N-dealkylation sites (tertiary alicyclic amines) is 1. The Morgan fingerprint density at radius 3 is 2.78 bits per heavy atom. The van der Waals surface area contributed by atoms with Crippen molar-refractivity contribution in [3.05, 3.63) is 36.4 Å². The minimum absolute atomic E-state index is 0.288. The van der Waals surface area contributed by atoms with Gasteiger partial charge in [0.25, 0.3) is 5.91 Å². The fourth-order valence-corrected chi connectivity index (χ4v) is 5.57. The number of hydrogen-bond acceptors (Lipinski definition) is 6. The quantitative estimate of drug-likeness (QED) is 0.585. The van der Waals surface area contributed by atoms with Gasteiger partial charge in [0.1, 0.15) is 0 Å². The third-order valence-corrected chi connectivity index (χ3v) is 7.32. The zero-order valence-electron chi connectivity index (χ0n) is 18.9. The van der Waals surface area contributed by atoms with E-state index < -0.39 is 5.91 Å². The van der Waals surface area contributed by atoms with Gasteiger partial charge in [-0.15, -0.1) is 0 Å². The molecule has 0 aromatic carbocycles. The van der Waals surface area contributed by atoms with E-state index in [1.54, 1.807) is 18.0 Å². The summed E-state index contributed by atoms with van der Waals surface area (Å²) in [5.41, 5.74) is 9.79. The first-order valence-electron chi connectivity index (χ1n) is 11.2. The van der Waals surface area contributed by atoms with Crippen molar-refractivity contribution < 1.29 is 9.53 Å². The summed E-state index contributed by atoms with van der Waals surface area (Å²) in [6, 6.07) is 2.33. The highest BCUT2D eigenvalue weighted by Crippen LogP contribution is 2.44. The van der Waals surface area contributed by atoms with Crippen molar-refractivity contribution in [1.29, 1.82) is 0 Å². The Morgan fingerprint density at radius 1 is 1.25 bits per heavy atom. The third-order valence-electron chi connectivity index (χ3n) is 7.32. The fraction of sp³-hybridized carbons (Fsp3) is 0.522. The molecule has 1 saturated heterocycles. The minimum Gasteiger partial charge on any atom is -0.383 e.